The molecule has 2 aliphatic carbocycles. The zero-order chi connectivity index (χ0) is 22.5. The molecule has 6 heteroatoms. The number of benzene rings is 2. The van der Waals surface area contributed by atoms with E-state index in [0.29, 0.717) is 0 Å². The Morgan fingerprint density at radius 3 is 2.19 bits per heavy atom. The molecule has 2 unspecified atom stereocenters. The first-order chi connectivity index (χ1) is 14.5. The van der Waals surface area contributed by atoms with Crippen LogP contribution in [0, 0.1) is 0 Å². The fraction of sp³-hybridized carbons (Fsp3) is 0.320. The van der Waals surface area contributed by atoms with E-state index in [1.165, 1.54) is 16.7 Å². The Labute approximate surface area is 194 Å². The van der Waals surface area contributed by atoms with Crippen LogP contribution in [0.4, 0.5) is 0 Å². The van der Waals surface area contributed by atoms with E-state index in [9.17, 15) is 0 Å². The topological polar surface area (TPSA) is 18.5 Å². The molecule has 0 aliphatic heterocycles. The Morgan fingerprint density at radius 2 is 1.55 bits per heavy atom. The zero-order valence-electron chi connectivity index (χ0n) is 18.8. The van der Waals surface area contributed by atoms with E-state index in [0.717, 1.165) is 14.5 Å². The zero-order valence-corrected chi connectivity index (χ0v) is 23.8. The molecule has 0 N–H and O–H groups in total. The summed E-state index contributed by atoms with van der Waals surface area (Å²) < 4.78 is 13.3. The second kappa shape index (κ2) is 8.22. The molecule has 0 heterocycles. The van der Waals surface area contributed by atoms with Crippen LogP contribution in [0.1, 0.15) is 43.4 Å². The molecular formula is C25H30Cl2O2SiZr. The first kappa shape index (κ1) is 23.4. The first-order valence-corrected chi connectivity index (χ1v) is 24.6. The van der Waals surface area contributed by atoms with Crippen LogP contribution in [-0.2, 0) is 25.1 Å². The summed E-state index contributed by atoms with van der Waals surface area (Å²) in [4.78, 5) is 0. The van der Waals surface area contributed by atoms with E-state index in [1.54, 1.807) is 0 Å². The summed E-state index contributed by atoms with van der Waals surface area (Å²) in [5, 5.41) is 0. The van der Waals surface area contributed by atoms with Gasteiger partial charge in [0.25, 0.3) is 0 Å². The molecule has 2 aromatic rings. The van der Waals surface area contributed by atoms with Gasteiger partial charge in [0.05, 0.1) is 0 Å². The number of halogens is 2. The number of rotatable bonds is 6. The van der Waals surface area contributed by atoms with Crippen LogP contribution in [0.3, 0.4) is 0 Å². The molecule has 0 radical (unpaired) electrons. The predicted octanol–water partition coefficient (Wildman–Crippen LogP) is 7.89. The van der Waals surface area contributed by atoms with Gasteiger partial charge in [-0.25, -0.2) is 0 Å². The standard InChI is InChI=1S/C13H17O2Si.C9H7.C3H6.2ClH.Zr/c1-16(2,3)15-10-14-13-8-11-6-4-5-7-12(11)9-13;1-2-5-9-7-3-6-8(9)4-1;1-3-2;;;/h4-9H,10H2,1-3H3;1-7H;1-2H3;2*1H;/q;;;;;+2/p-2. The summed E-state index contributed by atoms with van der Waals surface area (Å²) in [5.74, 6) is 0.842. The van der Waals surface area contributed by atoms with Crippen molar-refractivity contribution in [3.05, 3.63) is 82.6 Å². The predicted molar refractivity (Wildman–Crippen MR) is 134 cm³/mol. The Balaban J connectivity index is 1.86. The summed E-state index contributed by atoms with van der Waals surface area (Å²) in [6.45, 7) is 10.9. The quantitative estimate of drug-likeness (QED) is 0.268. The van der Waals surface area contributed by atoms with Crippen LogP contribution < -0.4 is 0 Å². The van der Waals surface area contributed by atoms with Crippen LogP contribution in [0.25, 0.3) is 12.2 Å². The van der Waals surface area contributed by atoms with E-state index in [1.807, 2.05) is 6.07 Å². The molecule has 2 nitrogen and oxygen atoms in total. The number of fused-ring (bicyclic) bond motifs is 2. The molecule has 164 valence electrons. The third kappa shape index (κ3) is 4.04. The molecule has 31 heavy (non-hydrogen) atoms. The monoisotopic (exact) mass is 550 g/mol. The van der Waals surface area contributed by atoms with Gasteiger partial charge in [-0.15, -0.1) is 0 Å². The van der Waals surface area contributed by atoms with Gasteiger partial charge >= 0.3 is 196 Å². The molecular weight excluding hydrogens is 522 g/mol. The van der Waals surface area contributed by atoms with E-state index < -0.39 is 24.2 Å². The van der Waals surface area contributed by atoms with Crippen LogP contribution in [0.2, 0.25) is 19.6 Å². The molecule has 2 aromatic carbocycles. The Kier molecular flexibility index (Phi) is 6.20. The van der Waals surface area contributed by atoms with Crippen molar-refractivity contribution >= 4 is 40.7 Å². The van der Waals surface area contributed by atoms with Crippen LogP contribution in [0.15, 0.2) is 60.4 Å². The van der Waals surface area contributed by atoms with Gasteiger partial charge in [-0.3, -0.25) is 0 Å². The molecule has 0 aromatic heterocycles. The Hall–Kier alpha value is -0.770. The summed E-state index contributed by atoms with van der Waals surface area (Å²) in [7, 11) is 14.1. The number of allylic oxidation sites excluding steroid dienone is 2. The minimum atomic E-state index is -4.77. The number of ether oxygens (including phenoxy) is 1. The van der Waals surface area contributed by atoms with Gasteiger partial charge in [0.1, 0.15) is 0 Å². The van der Waals surface area contributed by atoms with Crippen molar-refractivity contribution in [3.63, 3.8) is 0 Å². The Bertz CT molecular complexity index is 1150. The molecule has 0 saturated heterocycles. The van der Waals surface area contributed by atoms with Gasteiger partial charge < -0.3 is 0 Å². The molecule has 0 bridgehead atoms. The van der Waals surface area contributed by atoms with Gasteiger partial charge in [0.2, 0.25) is 0 Å². The summed E-state index contributed by atoms with van der Waals surface area (Å²) >= 11 is -4.77. The van der Waals surface area contributed by atoms with Crippen LogP contribution in [0.5, 0.6) is 0 Å². The van der Waals surface area contributed by atoms with Gasteiger partial charge in [0, 0.05) is 0 Å². The van der Waals surface area contributed by atoms with Crippen molar-refractivity contribution in [2.75, 3.05) is 6.79 Å². The van der Waals surface area contributed by atoms with Gasteiger partial charge in [0.15, 0.2) is 0 Å². The summed E-state index contributed by atoms with van der Waals surface area (Å²) in [6.07, 6.45) is 6.50. The van der Waals surface area contributed by atoms with Crippen LogP contribution >= 0.6 is 17.0 Å². The maximum absolute atomic E-state index is 7.90. The summed E-state index contributed by atoms with van der Waals surface area (Å²) in [6, 6.07) is 16.8. The maximum atomic E-state index is 7.90. The van der Waals surface area contributed by atoms with E-state index in [-0.39, 0.29) is 14.0 Å². The van der Waals surface area contributed by atoms with Crippen molar-refractivity contribution in [2.24, 2.45) is 0 Å². The summed E-state index contributed by atoms with van der Waals surface area (Å²) in [5.41, 5.74) is 4.73. The molecule has 0 amide bonds. The van der Waals surface area contributed by atoms with E-state index >= 15 is 0 Å². The number of hydrogen-bond acceptors (Lipinski definition) is 2. The fourth-order valence-electron chi connectivity index (χ4n) is 4.73. The van der Waals surface area contributed by atoms with Crippen molar-refractivity contribution in [1.29, 1.82) is 0 Å². The minimum absolute atomic E-state index is 0.00737. The van der Waals surface area contributed by atoms with Crippen molar-refractivity contribution < 1.29 is 25.1 Å². The Morgan fingerprint density at radius 1 is 0.935 bits per heavy atom. The van der Waals surface area contributed by atoms with Gasteiger partial charge in [-0.1, -0.05) is 0 Å². The number of hydrogen-bond donors (Lipinski definition) is 0. The van der Waals surface area contributed by atoms with Crippen molar-refractivity contribution in [3.8, 4) is 0 Å². The molecule has 0 saturated carbocycles. The second-order valence-electron chi connectivity index (χ2n) is 9.75. The molecule has 0 fully saturated rings. The first-order valence-electron chi connectivity index (χ1n) is 10.7. The van der Waals surface area contributed by atoms with Gasteiger partial charge in [-0.05, 0) is 0 Å². The van der Waals surface area contributed by atoms with E-state index in [2.05, 4.69) is 94.2 Å². The third-order valence-corrected chi connectivity index (χ3v) is 30.1. The normalized spacial score (nSPS) is 20.3. The van der Waals surface area contributed by atoms with E-state index in [4.69, 9.17) is 26.2 Å². The van der Waals surface area contributed by atoms with Crippen molar-refractivity contribution in [1.82, 2.24) is 0 Å². The average molecular weight is 553 g/mol. The fourth-order valence-corrected chi connectivity index (χ4v) is 20.8. The molecule has 2 atom stereocenters. The van der Waals surface area contributed by atoms with Crippen LogP contribution in [-0.4, -0.2) is 18.3 Å². The SMILES string of the molecule is C[C](C)=[Zr]([Cl])([Cl])([CH]1C=Cc2ccccc21)[CH]1C(OCO[Si](C)(C)C)=Cc2ccccc21. The van der Waals surface area contributed by atoms with Crippen molar-refractivity contribution in [2.45, 2.75) is 40.7 Å². The molecule has 4 rings (SSSR count). The molecule has 2 aliphatic rings. The average Bonchev–Trinajstić information content (AvgIpc) is 3.29. The molecule has 0 spiro atoms. The second-order valence-corrected chi connectivity index (χ2v) is 36.1. The third-order valence-electron chi connectivity index (χ3n) is 6.46. The van der Waals surface area contributed by atoms with Gasteiger partial charge in [-0.2, -0.15) is 0 Å².